The average Bonchev–Trinajstić information content (AvgIpc) is 2.88. The highest BCUT2D eigenvalue weighted by Gasteiger charge is 2.23. The number of hydrogen-bond donors (Lipinski definition) is 3. The first-order valence-corrected chi connectivity index (χ1v) is 11.3. The summed E-state index contributed by atoms with van der Waals surface area (Å²) in [5, 5.41) is 16.4. The maximum Gasteiger partial charge on any atom is 0.343 e. The highest BCUT2D eigenvalue weighted by atomic mass is 16.6. The Morgan fingerprint density at radius 3 is 2.51 bits per heavy atom. The van der Waals surface area contributed by atoms with Gasteiger partial charge < -0.3 is 39.4 Å². The van der Waals surface area contributed by atoms with E-state index in [0.717, 1.165) is 17.5 Å². The second kappa shape index (κ2) is 12.8. The number of nitrogens with one attached hydrogen (secondary N) is 2. The molecule has 1 atom stereocenters. The van der Waals surface area contributed by atoms with Gasteiger partial charge in [-0.1, -0.05) is 6.07 Å². The van der Waals surface area contributed by atoms with Crippen LogP contribution >= 0.6 is 0 Å². The smallest absolute Gasteiger partial charge is 0.343 e. The zero-order valence-corrected chi connectivity index (χ0v) is 20.2. The van der Waals surface area contributed by atoms with E-state index in [0.29, 0.717) is 54.6 Å². The number of rotatable bonds is 13. The van der Waals surface area contributed by atoms with Crippen LogP contribution in [0.15, 0.2) is 30.3 Å². The number of carbonyl (C=O) groups excluding carboxylic acids is 2. The molecule has 1 aliphatic rings. The summed E-state index contributed by atoms with van der Waals surface area (Å²) >= 11 is 0. The van der Waals surface area contributed by atoms with Crippen molar-refractivity contribution in [3.05, 3.63) is 41.5 Å². The van der Waals surface area contributed by atoms with Gasteiger partial charge in [-0.3, -0.25) is 4.79 Å². The highest BCUT2D eigenvalue weighted by molar-refractivity contribution is 5.96. The first kappa shape index (κ1) is 26.1. The molecule has 10 nitrogen and oxygen atoms in total. The van der Waals surface area contributed by atoms with Gasteiger partial charge in [-0.2, -0.15) is 0 Å². The maximum absolute atomic E-state index is 11.9. The van der Waals surface area contributed by atoms with E-state index < -0.39 is 12.1 Å². The van der Waals surface area contributed by atoms with Crippen molar-refractivity contribution in [1.29, 1.82) is 0 Å². The van der Waals surface area contributed by atoms with E-state index in [9.17, 15) is 14.7 Å². The zero-order chi connectivity index (χ0) is 25.2. The lowest BCUT2D eigenvalue weighted by atomic mass is 10.0. The monoisotopic (exact) mass is 488 g/mol. The fourth-order valence-corrected chi connectivity index (χ4v) is 3.67. The minimum atomic E-state index is -0.732. The minimum Gasteiger partial charge on any atom is -0.493 e. The molecule has 2 aromatic rings. The molecule has 1 aliphatic heterocycles. The number of hydrogen-bond acceptors (Lipinski definition) is 9. The molecule has 35 heavy (non-hydrogen) atoms. The lowest BCUT2D eigenvalue weighted by molar-refractivity contribution is -0.142. The summed E-state index contributed by atoms with van der Waals surface area (Å²) in [6.45, 7) is 0.825. The van der Waals surface area contributed by atoms with Gasteiger partial charge in [0, 0.05) is 18.5 Å². The molecule has 0 fully saturated rings. The van der Waals surface area contributed by atoms with E-state index in [1.807, 2.05) is 18.2 Å². The van der Waals surface area contributed by atoms with E-state index in [1.165, 1.54) is 7.11 Å². The van der Waals surface area contributed by atoms with Crippen molar-refractivity contribution in [1.82, 2.24) is 5.32 Å². The third-order valence-corrected chi connectivity index (χ3v) is 5.52. The molecule has 0 spiro atoms. The Morgan fingerprint density at radius 2 is 1.77 bits per heavy atom. The molecule has 10 heteroatoms. The quantitative estimate of drug-likeness (QED) is 0.285. The van der Waals surface area contributed by atoms with E-state index in [4.69, 9.17) is 18.9 Å². The predicted octanol–water partition coefficient (Wildman–Crippen LogP) is 1.71. The lowest BCUT2D eigenvalue weighted by Gasteiger charge is -2.23. The minimum absolute atomic E-state index is 0.0755. The first-order valence-electron chi connectivity index (χ1n) is 11.3. The van der Waals surface area contributed by atoms with Crippen LogP contribution in [0.4, 0.5) is 5.69 Å². The second-order valence-corrected chi connectivity index (χ2v) is 7.94. The Hall–Kier alpha value is -3.50. The third-order valence-electron chi connectivity index (χ3n) is 5.52. The molecule has 0 saturated heterocycles. The van der Waals surface area contributed by atoms with Gasteiger partial charge >= 0.3 is 5.97 Å². The van der Waals surface area contributed by atoms with Crippen LogP contribution in [-0.4, -0.2) is 70.7 Å². The number of esters is 1. The van der Waals surface area contributed by atoms with Gasteiger partial charge in [0.25, 0.3) is 0 Å². The lowest BCUT2D eigenvalue weighted by Crippen LogP contribution is -2.32. The topological polar surface area (TPSA) is 125 Å². The standard InChI is InChI=1S/C25H32N2O8/c1-31-20-6-4-16(12-22(20)32-2)10-11-26-13-17(28)14-34-19-7-8-21(35-15-24(30)33-3)25-18(19)5-9-23(29)27-25/h4,6-8,12,17,26,28H,5,9-11,13-15H2,1-3H3,(H,27,29). The molecule has 0 aromatic heterocycles. The van der Waals surface area contributed by atoms with Crippen molar-refractivity contribution in [2.75, 3.05) is 52.9 Å². The van der Waals surface area contributed by atoms with Crippen molar-refractivity contribution in [2.45, 2.75) is 25.4 Å². The van der Waals surface area contributed by atoms with Crippen molar-refractivity contribution < 1.29 is 38.4 Å². The molecule has 0 bridgehead atoms. The molecule has 0 saturated carbocycles. The molecular weight excluding hydrogens is 456 g/mol. The largest absolute Gasteiger partial charge is 0.493 e. The fraction of sp³-hybridized carbons (Fsp3) is 0.440. The number of ether oxygens (including phenoxy) is 5. The summed E-state index contributed by atoms with van der Waals surface area (Å²) in [6, 6.07) is 9.10. The molecule has 0 aliphatic carbocycles. The van der Waals surface area contributed by atoms with Crippen LogP contribution in [0.1, 0.15) is 17.5 Å². The Kier molecular flexibility index (Phi) is 9.56. The molecule has 1 heterocycles. The molecular formula is C25H32N2O8. The molecule has 2 aromatic carbocycles. The number of carbonyl (C=O) groups is 2. The summed E-state index contributed by atoms with van der Waals surface area (Å²) < 4.78 is 26.5. The van der Waals surface area contributed by atoms with Crippen LogP contribution in [0.5, 0.6) is 23.0 Å². The van der Waals surface area contributed by atoms with Crippen LogP contribution in [0.25, 0.3) is 0 Å². The van der Waals surface area contributed by atoms with Crippen molar-refractivity contribution >= 4 is 17.6 Å². The van der Waals surface area contributed by atoms with Gasteiger partial charge in [-0.15, -0.1) is 0 Å². The van der Waals surface area contributed by atoms with Crippen LogP contribution in [0.2, 0.25) is 0 Å². The molecule has 0 radical (unpaired) electrons. The Labute approximate surface area is 204 Å². The number of amides is 1. The summed E-state index contributed by atoms with van der Waals surface area (Å²) in [7, 11) is 4.47. The van der Waals surface area contributed by atoms with Gasteiger partial charge in [0.15, 0.2) is 18.1 Å². The number of benzene rings is 2. The summed E-state index contributed by atoms with van der Waals surface area (Å²) in [5.74, 6) is 1.61. The Morgan fingerprint density at radius 1 is 1.03 bits per heavy atom. The average molecular weight is 489 g/mol. The second-order valence-electron chi connectivity index (χ2n) is 7.94. The zero-order valence-electron chi connectivity index (χ0n) is 20.2. The van der Waals surface area contributed by atoms with E-state index in [1.54, 1.807) is 26.4 Å². The normalized spacial score (nSPS) is 13.3. The summed E-state index contributed by atoms with van der Waals surface area (Å²) in [5.41, 5.74) is 2.33. The van der Waals surface area contributed by atoms with E-state index in [2.05, 4.69) is 15.4 Å². The SMILES string of the molecule is COC(=O)COc1ccc(OCC(O)CNCCc2ccc(OC)c(OC)c2)c2c1NC(=O)CC2. The molecule has 190 valence electrons. The van der Waals surface area contributed by atoms with Crippen LogP contribution < -0.4 is 29.6 Å². The number of methoxy groups -OCH3 is 3. The molecule has 3 N–H and O–H groups in total. The van der Waals surface area contributed by atoms with Crippen LogP contribution in [0.3, 0.4) is 0 Å². The van der Waals surface area contributed by atoms with E-state index in [-0.39, 0.29) is 19.1 Å². The molecule has 3 rings (SSSR count). The predicted molar refractivity (Wildman–Crippen MR) is 129 cm³/mol. The number of fused-ring (bicyclic) bond motifs is 1. The third kappa shape index (κ3) is 7.24. The van der Waals surface area contributed by atoms with Crippen molar-refractivity contribution in [2.24, 2.45) is 0 Å². The summed E-state index contributed by atoms with van der Waals surface area (Å²) in [6.07, 6.45) is 0.800. The fourth-order valence-electron chi connectivity index (χ4n) is 3.67. The van der Waals surface area contributed by atoms with Gasteiger partial charge in [-0.25, -0.2) is 4.79 Å². The maximum atomic E-state index is 11.9. The van der Waals surface area contributed by atoms with Gasteiger partial charge in [0.2, 0.25) is 5.91 Å². The van der Waals surface area contributed by atoms with Crippen LogP contribution in [-0.2, 0) is 27.2 Å². The van der Waals surface area contributed by atoms with Gasteiger partial charge in [-0.05, 0) is 49.2 Å². The van der Waals surface area contributed by atoms with E-state index >= 15 is 0 Å². The highest BCUT2D eigenvalue weighted by Crippen LogP contribution is 2.39. The van der Waals surface area contributed by atoms with Gasteiger partial charge in [0.1, 0.15) is 24.2 Å². The Balaban J connectivity index is 1.50. The first-order chi connectivity index (χ1) is 16.9. The van der Waals surface area contributed by atoms with Crippen molar-refractivity contribution in [3.8, 4) is 23.0 Å². The van der Waals surface area contributed by atoms with Gasteiger partial charge in [0.05, 0.1) is 27.0 Å². The molecule has 1 amide bonds. The number of aliphatic hydroxyl groups is 1. The molecule has 1 unspecified atom stereocenters. The Bertz CT molecular complexity index is 1030. The van der Waals surface area contributed by atoms with Crippen LogP contribution in [0, 0.1) is 0 Å². The summed E-state index contributed by atoms with van der Waals surface area (Å²) in [4.78, 5) is 23.3. The number of anilines is 1. The van der Waals surface area contributed by atoms with Crippen molar-refractivity contribution in [3.63, 3.8) is 0 Å². The number of aliphatic hydroxyl groups excluding tert-OH is 1.